The zero-order valence-corrected chi connectivity index (χ0v) is 22.6. The van der Waals surface area contributed by atoms with E-state index in [4.69, 9.17) is 11.5 Å². The Kier molecular flexibility index (Phi) is 8.49. The monoisotopic (exact) mass is 524 g/mol. The highest BCUT2D eigenvalue weighted by atomic mass is 16.2. The lowest BCUT2D eigenvalue weighted by molar-refractivity contribution is -0.137. The van der Waals surface area contributed by atoms with E-state index < -0.39 is 11.2 Å². The van der Waals surface area contributed by atoms with Gasteiger partial charge in [0.2, 0.25) is 5.91 Å². The van der Waals surface area contributed by atoms with Gasteiger partial charge in [-0.15, -0.1) is 0 Å². The van der Waals surface area contributed by atoms with Crippen molar-refractivity contribution >= 4 is 17.8 Å². The van der Waals surface area contributed by atoms with E-state index in [1.807, 2.05) is 24.3 Å². The molecule has 2 atom stereocenters. The van der Waals surface area contributed by atoms with Crippen LogP contribution >= 0.6 is 0 Å². The molecule has 1 aromatic heterocycles. The molecule has 2 aliphatic heterocycles. The van der Waals surface area contributed by atoms with Gasteiger partial charge in [0.1, 0.15) is 5.82 Å². The minimum Gasteiger partial charge on any atom is -0.338 e. The van der Waals surface area contributed by atoms with Crippen LogP contribution in [0.25, 0.3) is 5.69 Å². The number of nitrogens with two attached hydrogens (primary N) is 2. The molecular formula is C27H40N8O3. The normalized spacial score (nSPS) is 19.4. The number of benzene rings is 1. The van der Waals surface area contributed by atoms with E-state index in [0.717, 1.165) is 32.5 Å². The number of carbonyl (C=O) groups is 2. The number of likely N-dealkylation sites (tertiary alicyclic amines) is 1. The molecular weight excluding hydrogens is 484 g/mol. The summed E-state index contributed by atoms with van der Waals surface area (Å²) in [6.45, 7) is 10.0. The molecule has 1 unspecified atom stereocenters. The van der Waals surface area contributed by atoms with Crippen LogP contribution in [0.5, 0.6) is 0 Å². The first-order valence-electron chi connectivity index (χ1n) is 13.3. The zero-order valence-electron chi connectivity index (χ0n) is 22.6. The van der Waals surface area contributed by atoms with Gasteiger partial charge in [0.15, 0.2) is 0 Å². The average Bonchev–Trinajstić information content (AvgIpc) is 3.38. The van der Waals surface area contributed by atoms with E-state index in [1.165, 1.54) is 10.1 Å². The number of hydrogen-bond acceptors (Lipinski definition) is 7. The van der Waals surface area contributed by atoms with Gasteiger partial charge in [-0.1, -0.05) is 12.1 Å². The number of carbonyl (C=O) groups excluding carboxylic acids is 2. The van der Waals surface area contributed by atoms with E-state index in [1.54, 1.807) is 35.9 Å². The summed E-state index contributed by atoms with van der Waals surface area (Å²) >= 11 is 0. The summed E-state index contributed by atoms with van der Waals surface area (Å²) in [5.74, 6) is 0.638. The maximum Gasteiger partial charge on any atom is 0.354 e. The van der Waals surface area contributed by atoms with Gasteiger partial charge in [0, 0.05) is 45.0 Å². The highest BCUT2D eigenvalue weighted by molar-refractivity contribution is 5.89. The number of piperazine rings is 1. The van der Waals surface area contributed by atoms with Crippen molar-refractivity contribution in [3.8, 4) is 5.69 Å². The van der Waals surface area contributed by atoms with E-state index in [9.17, 15) is 14.4 Å². The Morgan fingerprint density at radius 3 is 2.32 bits per heavy atom. The summed E-state index contributed by atoms with van der Waals surface area (Å²) in [5.41, 5.74) is 12.2. The molecule has 206 valence electrons. The van der Waals surface area contributed by atoms with Crippen LogP contribution in [0.15, 0.2) is 41.3 Å². The van der Waals surface area contributed by atoms with E-state index in [-0.39, 0.29) is 17.8 Å². The first-order chi connectivity index (χ1) is 18.0. The molecule has 0 aliphatic carbocycles. The van der Waals surface area contributed by atoms with E-state index >= 15 is 0 Å². The molecule has 0 bridgehead atoms. The SMILES string of the molecule is CC(Cc1ccc(-n2ccc(NC(=O)N3CCN(C(=O)C(C)(C)N)CC3)nc2=O)cc1)N1CC[C@@H](CN)C1. The Morgan fingerprint density at radius 1 is 1.08 bits per heavy atom. The van der Waals surface area contributed by atoms with Crippen LogP contribution in [0.3, 0.4) is 0 Å². The van der Waals surface area contributed by atoms with Crippen LogP contribution in [-0.2, 0) is 11.2 Å². The van der Waals surface area contributed by atoms with Crippen molar-refractivity contribution in [2.75, 3.05) is 51.1 Å². The number of urea groups is 1. The van der Waals surface area contributed by atoms with Gasteiger partial charge in [-0.2, -0.15) is 4.98 Å². The van der Waals surface area contributed by atoms with E-state index in [0.29, 0.717) is 43.8 Å². The van der Waals surface area contributed by atoms with Gasteiger partial charge in [0.05, 0.1) is 11.2 Å². The lowest BCUT2D eigenvalue weighted by Crippen LogP contribution is -2.58. The van der Waals surface area contributed by atoms with Crippen molar-refractivity contribution in [1.29, 1.82) is 0 Å². The molecule has 38 heavy (non-hydrogen) atoms. The predicted octanol–water partition coefficient (Wildman–Crippen LogP) is 0.858. The Labute approximate surface area is 223 Å². The molecule has 1 aromatic carbocycles. The molecule has 5 N–H and O–H groups in total. The van der Waals surface area contributed by atoms with Crippen molar-refractivity contribution in [3.63, 3.8) is 0 Å². The Morgan fingerprint density at radius 2 is 1.74 bits per heavy atom. The third-order valence-electron chi connectivity index (χ3n) is 7.46. The van der Waals surface area contributed by atoms with Crippen molar-refractivity contribution in [3.05, 3.63) is 52.6 Å². The summed E-state index contributed by atoms with van der Waals surface area (Å²) in [7, 11) is 0. The molecule has 11 heteroatoms. The summed E-state index contributed by atoms with van der Waals surface area (Å²) in [5, 5.41) is 2.69. The van der Waals surface area contributed by atoms with Crippen molar-refractivity contribution in [2.24, 2.45) is 17.4 Å². The molecule has 3 heterocycles. The van der Waals surface area contributed by atoms with Crippen LogP contribution in [0.4, 0.5) is 10.6 Å². The first-order valence-corrected chi connectivity index (χ1v) is 13.3. The third kappa shape index (κ3) is 6.58. The molecule has 0 spiro atoms. The quantitative estimate of drug-likeness (QED) is 0.487. The fraction of sp³-hybridized carbons (Fsp3) is 0.556. The fourth-order valence-electron chi connectivity index (χ4n) is 5.10. The number of nitrogens with zero attached hydrogens (tertiary/aromatic N) is 5. The standard InChI is InChI=1S/C27H40N8O3/c1-19(34-10-8-21(17-28)18-34)16-20-4-6-22(7-5-20)35-11-9-23(31-26(35)38)30-25(37)33-14-12-32(13-15-33)24(36)27(2,3)29/h4-7,9,11,19,21H,8,10,12-18,28-29H2,1-3H3,(H,30,31,37,38)/t19?,21-/m0/s1. The molecule has 2 aliphatic rings. The van der Waals surface area contributed by atoms with Gasteiger partial charge in [-0.3, -0.25) is 19.6 Å². The van der Waals surface area contributed by atoms with Gasteiger partial charge in [-0.05, 0) is 76.4 Å². The maximum atomic E-state index is 12.7. The van der Waals surface area contributed by atoms with Gasteiger partial charge in [-0.25, -0.2) is 9.59 Å². The second-order valence-electron chi connectivity index (χ2n) is 11.0. The van der Waals surface area contributed by atoms with Crippen LogP contribution in [0.2, 0.25) is 0 Å². The largest absolute Gasteiger partial charge is 0.354 e. The molecule has 3 amide bonds. The highest BCUT2D eigenvalue weighted by Gasteiger charge is 2.31. The van der Waals surface area contributed by atoms with Gasteiger partial charge < -0.3 is 21.3 Å². The highest BCUT2D eigenvalue weighted by Crippen LogP contribution is 2.20. The lowest BCUT2D eigenvalue weighted by atomic mass is 10.1. The molecule has 0 saturated carbocycles. The Hall–Kier alpha value is -3.28. The summed E-state index contributed by atoms with van der Waals surface area (Å²) in [6, 6.07) is 9.59. The smallest absolute Gasteiger partial charge is 0.338 e. The first kappa shape index (κ1) is 27.7. The second-order valence-corrected chi connectivity index (χ2v) is 11.0. The van der Waals surface area contributed by atoms with Crippen molar-refractivity contribution < 1.29 is 9.59 Å². The number of hydrogen-bond donors (Lipinski definition) is 3. The van der Waals surface area contributed by atoms with Crippen molar-refractivity contribution in [2.45, 2.75) is 45.2 Å². The van der Waals surface area contributed by atoms with Crippen LogP contribution < -0.4 is 22.5 Å². The Bertz CT molecular complexity index is 1180. The molecule has 4 rings (SSSR count). The number of rotatable bonds is 7. The number of aromatic nitrogens is 2. The summed E-state index contributed by atoms with van der Waals surface area (Å²) < 4.78 is 1.45. The Balaban J connectivity index is 1.32. The molecule has 2 fully saturated rings. The molecule has 2 aromatic rings. The fourth-order valence-corrected chi connectivity index (χ4v) is 5.10. The second kappa shape index (κ2) is 11.6. The molecule has 11 nitrogen and oxygen atoms in total. The number of nitrogens with one attached hydrogen (secondary N) is 1. The van der Waals surface area contributed by atoms with Crippen molar-refractivity contribution in [1.82, 2.24) is 24.3 Å². The average molecular weight is 525 g/mol. The lowest BCUT2D eigenvalue weighted by Gasteiger charge is -2.37. The van der Waals surface area contributed by atoms with Gasteiger partial charge in [0.25, 0.3) is 0 Å². The van der Waals surface area contributed by atoms with E-state index in [2.05, 4.69) is 22.1 Å². The summed E-state index contributed by atoms with van der Waals surface area (Å²) in [6.07, 6.45) is 3.71. The van der Waals surface area contributed by atoms with Gasteiger partial charge >= 0.3 is 11.7 Å². The molecule has 0 radical (unpaired) electrons. The molecule has 2 saturated heterocycles. The minimum atomic E-state index is -0.945. The van der Waals surface area contributed by atoms with Crippen LogP contribution in [0, 0.1) is 5.92 Å². The third-order valence-corrected chi connectivity index (χ3v) is 7.46. The maximum absolute atomic E-state index is 12.7. The number of anilines is 1. The number of amides is 3. The topological polar surface area (TPSA) is 143 Å². The van der Waals surface area contributed by atoms with Crippen LogP contribution in [-0.4, -0.2) is 93.6 Å². The zero-order chi connectivity index (χ0) is 27.4. The summed E-state index contributed by atoms with van der Waals surface area (Å²) in [4.78, 5) is 47.6. The van der Waals surface area contributed by atoms with Crippen LogP contribution in [0.1, 0.15) is 32.8 Å². The predicted molar refractivity (Wildman–Crippen MR) is 147 cm³/mol. The minimum absolute atomic E-state index is 0.141.